The molecule has 20 heavy (non-hydrogen) atoms. The molecule has 0 radical (unpaired) electrons. The quantitative estimate of drug-likeness (QED) is 0.133. The number of nitrogens with one attached hydrogen (secondary N) is 1. The predicted octanol–water partition coefficient (Wildman–Crippen LogP) is -5.50. The van der Waals surface area contributed by atoms with E-state index in [1.165, 1.54) is 6.42 Å². The van der Waals surface area contributed by atoms with E-state index < -0.39 is 21.4 Å². The van der Waals surface area contributed by atoms with Crippen molar-refractivity contribution in [3.05, 3.63) is 0 Å². The van der Waals surface area contributed by atoms with Gasteiger partial charge in [0.15, 0.2) is 0 Å². The Kier molecular flexibility index (Phi) is 8.80. The van der Waals surface area contributed by atoms with Gasteiger partial charge in [-0.25, -0.2) is 0 Å². The molecule has 1 fully saturated rings. The molecule has 0 aromatic rings. The minimum atomic E-state index is -0.873. The van der Waals surface area contributed by atoms with Crippen LogP contribution in [0.2, 0.25) is 0 Å². The molecule has 5 nitrogen and oxygen atoms in total. The second kappa shape index (κ2) is 8.99. The van der Waals surface area contributed by atoms with Gasteiger partial charge < -0.3 is 0 Å². The Morgan fingerprint density at radius 1 is 1.50 bits per heavy atom. The summed E-state index contributed by atoms with van der Waals surface area (Å²) in [5.74, 6) is -0.110. The Balaban J connectivity index is 2.83. The van der Waals surface area contributed by atoms with E-state index in [4.69, 9.17) is 15.4 Å². The van der Waals surface area contributed by atoms with E-state index >= 15 is 0 Å². The first kappa shape index (κ1) is 19.6. The van der Waals surface area contributed by atoms with Gasteiger partial charge in [-0.3, -0.25) is 0 Å². The summed E-state index contributed by atoms with van der Waals surface area (Å²) >= 11 is -1.05. The third-order valence-electron chi connectivity index (χ3n) is 3.40. The Bertz CT molecular complexity index is 330. The molecule has 8 heteroatoms. The average Bonchev–Trinajstić information content (AvgIpc) is 2.36. The summed E-state index contributed by atoms with van der Waals surface area (Å²) in [4.78, 5) is 14.7. The fraction of sp³-hybridized carbons (Fsp3) is 0.917. The van der Waals surface area contributed by atoms with Crippen molar-refractivity contribution in [2.75, 3.05) is 4.93 Å². The molecule has 1 aliphatic rings. The van der Waals surface area contributed by atoms with Crippen LogP contribution in [0.5, 0.6) is 0 Å². The van der Waals surface area contributed by atoms with E-state index in [0.717, 1.165) is 23.2 Å². The summed E-state index contributed by atoms with van der Waals surface area (Å²) in [6, 6.07) is 0. The predicted molar refractivity (Wildman–Crippen MR) is 84.6 cm³/mol. The van der Waals surface area contributed by atoms with E-state index in [1.54, 1.807) is 0 Å². The molecule has 1 amide bonds. The number of amides is 1. The molecule has 1 heterocycles. The first-order valence-corrected chi connectivity index (χ1v) is 20.1. The fourth-order valence-corrected chi connectivity index (χ4v) is 36.0. The maximum atomic E-state index is 12.2. The number of carbonyl (C=O) groups is 1. The van der Waals surface area contributed by atoms with Crippen molar-refractivity contribution in [1.29, 1.82) is 0 Å². The molecular weight excluding hydrogens is 597 g/mol. The zero-order chi connectivity index (χ0) is 15.3. The van der Waals surface area contributed by atoms with Crippen LogP contribution in [0.25, 0.3) is 0 Å². The van der Waals surface area contributed by atoms with Crippen LogP contribution in [0.1, 0.15) is 39.5 Å². The Morgan fingerprint density at radius 2 is 2.15 bits per heavy atom. The van der Waals surface area contributed by atoms with Gasteiger partial charge >= 0.3 is 148 Å². The molecule has 0 spiro atoms. The van der Waals surface area contributed by atoms with Crippen molar-refractivity contribution < 1.29 is 43.5 Å². The standard InChI is InChI=1S/C12H27I3N4O/c1-8-5-4-6-10(16)19-11(20)12(2,17)7-9(14-18)13-15(8)3/h8-10H,4-7,16-18H2,1-3H3,(H,19,20)/q-2. The van der Waals surface area contributed by atoms with Gasteiger partial charge in [0, 0.05) is 0 Å². The van der Waals surface area contributed by atoms with E-state index in [0.29, 0.717) is 1.93 Å². The topological polar surface area (TPSA) is 107 Å². The van der Waals surface area contributed by atoms with Crippen molar-refractivity contribution in [2.24, 2.45) is 15.4 Å². The van der Waals surface area contributed by atoms with Crippen molar-refractivity contribution in [3.8, 4) is 0 Å². The number of hydrogen-bond acceptors (Lipinski definition) is 4. The van der Waals surface area contributed by atoms with Gasteiger partial charge in [0.1, 0.15) is 0 Å². The molecule has 0 aromatic heterocycles. The molecule has 0 saturated carbocycles. The summed E-state index contributed by atoms with van der Waals surface area (Å²) in [5.41, 5.74) is 11.4. The number of nitrogens with two attached hydrogens (primary N) is 3. The molecule has 1 saturated heterocycles. The van der Waals surface area contributed by atoms with Gasteiger partial charge in [-0.05, 0) is 0 Å². The molecule has 0 aliphatic carbocycles. The molecule has 4 unspecified atom stereocenters. The molecule has 124 valence electrons. The molecule has 1 aliphatic heterocycles. The van der Waals surface area contributed by atoms with Gasteiger partial charge in [0.25, 0.3) is 0 Å². The molecule has 1 rings (SSSR count). The minimum absolute atomic E-state index is 0.110. The number of hydrogen-bond donors (Lipinski definition) is 4. The van der Waals surface area contributed by atoms with Gasteiger partial charge in [0.2, 0.25) is 0 Å². The Hall–Kier alpha value is 1.54. The summed E-state index contributed by atoms with van der Waals surface area (Å²) < 4.78 is 7.48. The fourth-order valence-electron chi connectivity index (χ4n) is 1.90. The zero-order valence-electron chi connectivity index (χ0n) is 12.3. The molecule has 0 aromatic carbocycles. The third kappa shape index (κ3) is 6.34. The van der Waals surface area contributed by atoms with E-state index in [1.807, 2.05) is 6.92 Å². The van der Waals surface area contributed by atoms with Crippen LogP contribution in [-0.2, 0) is 4.79 Å². The number of carbonyl (C=O) groups excluding carboxylic acids is 1. The average molecular weight is 624 g/mol. The third-order valence-corrected chi connectivity index (χ3v) is 33.5. The summed E-state index contributed by atoms with van der Waals surface area (Å²) in [6.07, 6.45) is 3.67. The summed E-state index contributed by atoms with van der Waals surface area (Å²) in [6.45, 7) is 4.22. The van der Waals surface area contributed by atoms with Crippen molar-refractivity contribution in [3.63, 3.8) is 0 Å². The van der Waals surface area contributed by atoms with Gasteiger partial charge in [-0.1, -0.05) is 0 Å². The summed E-state index contributed by atoms with van der Waals surface area (Å²) in [7, 11) is 0. The molecule has 4 atom stereocenters. The number of halogens is 3. The van der Waals surface area contributed by atoms with E-state index in [9.17, 15) is 4.79 Å². The van der Waals surface area contributed by atoms with Crippen LogP contribution >= 0.6 is 15.8 Å². The number of alkyl halides is 4. The first-order valence-electron chi connectivity index (χ1n) is 6.66. The van der Waals surface area contributed by atoms with Gasteiger partial charge in [-0.2, -0.15) is 0 Å². The summed E-state index contributed by atoms with van der Waals surface area (Å²) in [5, 5.41) is 2.87. The Morgan fingerprint density at radius 3 is 2.75 bits per heavy atom. The van der Waals surface area contributed by atoms with Gasteiger partial charge in [-0.15, -0.1) is 0 Å². The van der Waals surface area contributed by atoms with Crippen molar-refractivity contribution in [1.82, 2.24) is 5.32 Å². The molecular formula is C12H27I3N4O-2. The van der Waals surface area contributed by atoms with E-state index in [-0.39, 0.29) is 50.8 Å². The second-order valence-electron chi connectivity index (χ2n) is 5.46. The zero-order valence-corrected chi connectivity index (χ0v) is 18.8. The van der Waals surface area contributed by atoms with Crippen LogP contribution in [0.15, 0.2) is 0 Å². The molecule has 7 N–H and O–H groups in total. The number of rotatable bonds is 1. The Labute approximate surface area is 146 Å². The van der Waals surface area contributed by atoms with Crippen LogP contribution in [0, 0.1) is 0 Å². The van der Waals surface area contributed by atoms with E-state index in [2.05, 4.69) is 17.2 Å². The monoisotopic (exact) mass is 624 g/mol. The molecule has 0 bridgehead atoms. The van der Waals surface area contributed by atoms with Crippen molar-refractivity contribution >= 4 is 21.8 Å². The van der Waals surface area contributed by atoms with Crippen molar-refractivity contribution in [2.45, 2.75) is 57.1 Å². The van der Waals surface area contributed by atoms with Gasteiger partial charge in [0.05, 0.1) is 0 Å². The first-order chi connectivity index (χ1) is 9.26. The normalized spacial score (nSPS) is 40.2. The second-order valence-corrected chi connectivity index (χ2v) is 28.5. The SMILES string of the molecule is CC1CCCC(N)NC(=O)C(C)(N)CC([I-]N)[I-]I1C. The van der Waals surface area contributed by atoms with Crippen LogP contribution in [0.4, 0.5) is 0 Å². The van der Waals surface area contributed by atoms with Crippen LogP contribution < -0.4 is 59.4 Å². The maximum absolute atomic E-state index is 12.2. The van der Waals surface area contributed by atoms with Crippen LogP contribution in [-0.4, -0.2) is 28.4 Å². The van der Waals surface area contributed by atoms with Crippen LogP contribution in [0.3, 0.4) is 0 Å².